The molecule has 0 radical (unpaired) electrons. The predicted octanol–water partition coefficient (Wildman–Crippen LogP) is 3.64. The SMILES string of the molecule is CC1=C(C#N)C(c2ccc([N+](=O)[O-])cc2)C(C(N)=O)C(=O)N1c1cccc(C(F)(F)F)c1. The summed E-state index contributed by atoms with van der Waals surface area (Å²) in [6.07, 6.45) is -4.67. The van der Waals surface area contributed by atoms with Crippen molar-refractivity contribution in [3.63, 3.8) is 0 Å². The lowest BCUT2D eigenvalue weighted by Crippen LogP contribution is -2.48. The van der Waals surface area contributed by atoms with Crippen LogP contribution in [0.1, 0.15) is 24.0 Å². The monoisotopic (exact) mass is 444 g/mol. The summed E-state index contributed by atoms with van der Waals surface area (Å²) < 4.78 is 39.5. The van der Waals surface area contributed by atoms with E-state index in [1.807, 2.05) is 6.07 Å². The number of hydrogen-bond donors (Lipinski definition) is 1. The molecule has 8 nitrogen and oxygen atoms in total. The number of carbonyl (C=O) groups is 2. The van der Waals surface area contributed by atoms with Crippen LogP contribution in [0.4, 0.5) is 24.5 Å². The van der Waals surface area contributed by atoms with Crippen molar-refractivity contribution >= 4 is 23.2 Å². The zero-order chi connectivity index (χ0) is 23.8. The van der Waals surface area contributed by atoms with Crippen molar-refractivity contribution in [3.05, 3.63) is 81.0 Å². The van der Waals surface area contributed by atoms with Crippen LogP contribution in [0.5, 0.6) is 0 Å². The lowest BCUT2D eigenvalue weighted by molar-refractivity contribution is -0.384. The summed E-state index contributed by atoms with van der Waals surface area (Å²) in [5.74, 6) is -4.75. The van der Waals surface area contributed by atoms with Gasteiger partial charge in [-0.05, 0) is 30.7 Å². The molecule has 0 spiro atoms. The maximum atomic E-state index is 13.3. The number of benzene rings is 2. The normalized spacial score (nSPS) is 19.0. The second kappa shape index (κ2) is 8.14. The second-order valence-electron chi connectivity index (χ2n) is 7.04. The van der Waals surface area contributed by atoms with Crippen molar-refractivity contribution in [2.75, 3.05) is 4.90 Å². The van der Waals surface area contributed by atoms with Gasteiger partial charge in [-0.1, -0.05) is 18.2 Å². The summed E-state index contributed by atoms with van der Waals surface area (Å²) in [6, 6.07) is 10.7. The number of amides is 2. The zero-order valence-corrected chi connectivity index (χ0v) is 16.5. The molecule has 0 aromatic heterocycles. The van der Waals surface area contributed by atoms with E-state index in [0.717, 1.165) is 35.2 Å². The molecular formula is C21H15F3N4O4. The number of nitrogens with two attached hydrogens (primary N) is 1. The quantitative estimate of drug-likeness (QED) is 0.437. The Kier molecular flexibility index (Phi) is 5.72. The third-order valence-electron chi connectivity index (χ3n) is 5.18. The first-order valence-corrected chi connectivity index (χ1v) is 9.13. The van der Waals surface area contributed by atoms with Gasteiger partial charge in [-0.15, -0.1) is 0 Å². The molecular weight excluding hydrogens is 429 g/mol. The summed E-state index contributed by atoms with van der Waals surface area (Å²) in [4.78, 5) is 36.6. The Morgan fingerprint density at radius 2 is 1.84 bits per heavy atom. The number of nitro groups is 1. The van der Waals surface area contributed by atoms with Crippen LogP contribution in [0.3, 0.4) is 0 Å². The van der Waals surface area contributed by atoms with Gasteiger partial charge in [-0.3, -0.25) is 24.6 Å². The first kappa shape index (κ1) is 22.5. The highest BCUT2D eigenvalue weighted by Crippen LogP contribution is 2.43. The van der Waals surface area contributed by atoms with Crippen LogP contribution in [-0.2, 0) is 15.8 Å². The lowest BCUT2D eigenvalue weighted by Gasteiger charge is -2.37. The molecule has 11 heteroatoms. The molecule has 1 aliphatic rings. The number of nitro benzene ring substituents is 1. The first-order chi connectivity index (χ1) is 15.0. The topological polar surface area (TPSA) is 130 Å². The Bertz CT molecular complexity index is 1180. The second-order valence-corrected chi connectivity index (χ2v) is 7.04. The van der Waals surface area contributed by atoms with E-state index < -0.39 is 40.3 Å². The number of hydrogen-bond acceptors (Lipinski definition) is 5. The fraction of sp³-hybridized carbons (Fsp3) is 0.190. The molecule has 1 heterocycles. The molecule has 2 amide bonds. The van der Waals surface area contributed by atoms with Gasteiger partial charge in [0.1, 0.15) is 5.92 Å². The Morgan fingerprint density at radius 3 is 2.34 bits per heavy atom. The molecule has 3 rings (SSSR count). The van der Waals surface area contributed by atoms with Crippen LogP contribution < -0.4 is 10.6 Å². The standard InChI is InChI=1S/C21H15F3N4O4/c1-11-16(10-25)17(12-5-7-14(8-6-12)28(31)32)18(19(26)29)20(30)27(11)15-4-2-3-13(9-15)21(22,23)24/h2-9,17-18H,1H3,(H2,26,29). The smallest absolute Gasteiger partial charge is 0.369 e. The van der Waals surface area contributed by atoms with E-state index >= 15 is 0 Å². The summed E-state index contributed by atoms with van der Waals surface area (Å²) in [7, 11) is 0. The zero-order valence-electron chi connectivity index (χ0n) is 16.5. The van der Waals surface area contributed by atoms with Crippen molar-refractivity contribution in [2.24, 2.45) is 11.7 Å². The van der Waals surface area contributed by atoms with Crippen LogP contribution in [0, 0.1) is 27.4 Å². The van der Waals surface area contributed by atoms with E-state index in [9.17, 15) is 38.1 Å². The number of anilines is 1. The number of non-ortho nitro benzene ring substituents is 1. The van der Waals surface area contributed by atoms with Gasteiger partial charge in [0, 0.05) is 29.4 Å². The van der Waals surface area contributed by atoms with Crippen LogP contribution in [0.25, 0.3) is 0 Å². The van der Waals surface area contributed by atoms with Crippen molar-refractivity contribution < 1.29 is 27.7 Å². The summed E-state index contributed by atoms with van der Waals surface area (Å²) in [5.41, 5.74) is 4.24. The van der Waals surface area contributed by atoms with Gasteiger partial charge in [0.2, 0.25) is 11.8 Å². The first-order valence-electron chi connectivity index (χ1n) is 9.13. The fourth-order valence-corrected chi connectivity index (χ4v) is 3.70. The van der Waals surface area contributed by atoms with E-state index in [1.165, 1.54) is 25.1 Å². The highest BCUT2D eigenvalue weighted by atomic mass is 19.4. The minimum absolute atomic E-state index is 0.0256. The maximum absolute atomic E-state index is 13.3. The molecule has 0 bridgehead atoms. The molecule has 0 saturated heterocycles. The molecule has 0 fully saturated rings. The number of nitriles is 1. The molecule has 2 aromatic carbocycles. The lowest BCUT2D eigenvalue weighted by atomic mass is 9.76. The van der Waals surface area contributed by atoms with Crippen LogP contribution in [-0.4, -0.2) is 16.7 Å². The number of allylic oxidation sites excluding steroid dienone is 2. The molecule has 2 N–H and O–H groups in total. The van der Waals surface area contributed by atoms with Gasteiger partial charge in [0.15, 0.2) is 0 Å². The average Bonchev–Trinajstić information content (AvgIpc) is 2.72. The third kappa shape index (κ3) is 3.90. The van der Waals surface area contributed by atoms with E-state index in [1.54, 1.807) is 0 Å². The van der Waals surface area contributed by atoms with Crippen molar-refractivity contribution in [1.82, 2.24) is 0 Å². The average molecular weight is 444 g/mol. The highest BCUT2D eigenvalue weighted by molar-refractivity contribution is 6.11. The van der Waals surface area contributed by atoms with E-state index in [-0.39, 0.29) is 28.2 Å². The minimum Gasteiger partial charge on any atom is -0.369 e. The third-order valence-corrected chi connectivity index (χ3v) is 5.18. The molecule has 2 unspecified atom stereocenters. The minimum atomic E-state index is -4.67. The van der Waals surface area contributed by atoms with E-state index in [2.05, 4.69) is 0 Å². The van der Waals surface area contributed by atoms with Crippen LogP contribution >= 0.6 is 0 Å². The van der Waals surface area contributed by atoms with Gasteiger partial charge >= 0.3 is 6.18 Å². The largest absolute Gasteiger partial charge is 0.416 e. The molecule has 2 atom stereocenters. The fourth-order valence-electron chi connectivity index (χ4n) is 3.70. The molecule has 0 saturated carbocycles. The van der Waals surface area contributed by atoms with Crippen LogP contribution in [0.2, 0.25) is 0 Å². The van der Waals surface area contributed by atoms with Gasteiger partial charge in [0.25, 0.3) is 5.69 Å². The number of carbonyl (C=O) groups excluding carboxylic acids is 2. The van der Waals surface area contributed by atoms with Crippen molar-refractivity contribution in [1.29, 1.82) is 5.26 Å². The number of rotatable bonds is 4. The summed E-state index contributed by atoms with van der Waals surface area (Å²) in [5, 5.41) is 20.7. The summed E-state index contributed by atoms with van der Waals surface area (Å²) in [6.45, 7) is 1.37. The molecule has 164 valence electrons. The maximum Gasteiger partial charge on any atom is 0.416 e. The Hall–Kier alpha value is -4.20. The highest BCUT2D eigenvalue weighted by Gasteiger charge is 2.46. The van der Waals surface area contributed by atoms with Gasteiger partial charge in [-0.25, -0.2) is 0 Å². The Balaban J connectivity index is 2.20. The van der Waals surface area contributed by atoms with E-state index in [0.29, 0.717) is 0 Å². The summed E-state index contributed by atoms with van der Waals surface area (Å²) >= 11 is 0. The Morgan fingerprint density at radius 1 is 1.22 bits per heavy atom. The van der Waals surface area contributed by atoms with Crippen molar-refractivity contribution in [3.8, 4) is 6.07 Å². The molecule has 2 aromatic rings. The number of halogens is 3. The Labute approximate surface area is 179 Å². The van der Waals surface area contributed by atoms with Crippen molar-refractivity contribution in [2.45, 2.75) is 19.0 Å². The number of nitrogens with zero attached hydrogens (tertiary/aromatic N) is 3. The number of primary amides is 1. The van der Waals surface area contributed by atoms with Crippen LogP contribution in [0.15, 0.2) is 59.8 Å². The molecule has 32 heavy (non-hydrogen) atoms. The van der Waals surface area contributed by atoms with E-state index in [4.69, 9.17) is 5.73 Å². The number of alkyl halides is 3. The molecule has 1 aliphatic heterocycles. The molecule has 0 aliphatic carbocycles. The predicted molar refractivity (Wildman–Crippen MR) is 106 cm³/mol. The van der Waals surface area contributed by atoms with Gasteiger partial charge < -0.3 is 5.73 Å². The van der Waals surface area contributed by atoms with Gasteiger partial charge in [-0.2, -0.15) is 18.4 Å². The van der Waals surface area contributed by atoms with Gasteiger partial charge in [0.05, 0.1) is 22.1 Å².